The third-order valence-electron chi connectivity index (χ3n) is 2.75. The van der Waals surface area contributed by atoms with E-state index in [0.29, 0.717) is 12.3 Å². The lowest BCUT2D eigenvalue weighted by Crippen LogP contribution is -2.31. The van der Waals surface area contributed by atoms with Crippen molar-refractivity contribution in [3.63, 3.8) is 0 Å². The van der Waals surface area contributed by atoms with Crippen LogP contribution in [0.2, 0.25) is 0 Å². The Hall–Kier alpha value is -2.36. The molecule has 2 aromatic rings. The van der Waals surface area contributed by atoms with Gasteiger partial charge in [0.2, 0.25) is 0 Å². The highest BCUT2D eigenvalue weighted by molar-refractivity contribution is 5.70. The minimum atomic E-state index is -0.347. The van der Waals surface area contributed by atoms with Crippen molar-refractivity contribution in [1.82, 2.24) is 9.88 Å². The van der Waals surface area contributed by atoms with Crippen molar-refractivity contribution in [2.24, 2.45) is 0 Å². The van der Waals surface area contributed by atoms with E-state index >= 15 is 0 Å². The van der Waals surface area contributed by atoms with Gasteiger partial charge in [-0.2, -0.15) is 0 Å². The summed E-state index contributed by atoms with van der Waals surface area (Å²) in [4.78, 5) is 17.3. The Morgan fingerprint density at radius 3 is 2.53 bits per heavy atom. The average molecular weight is 256 g/mol. The van der Waals surface area contributed by atoms with Crippen LogP contribution in [0, 0.1) is 0 Å². The van der Waals surface area contributed by atoms with E-state index in [2.05, 4.69) is 4.98 Å². The van der Waals surface area contributed by atoms with E-state index in [-0.39, 0.29) is 6.09 Å². The number of para-hydroxylation sites is 1. The SMILES string of the molecule is CN(CCc1ccncc1)C(=O)Oc1ccccc1. The third-order valence-corrected chi connectivity index (χ3v) is 2.75. The summed E-state index contributed by atoms with van der Waals surface area (Å²) in [6, 6.07) is 12.9. The molecular formula is C15H16N2O2. The van der Waals surface area contributed by atoms with E-state index in [0.717, 1.165) is 12.0 Å². The molecule has 0 aliphatic heterocycles. The summed E-state index contributed by atoms with van der Waals surface area (Å²) in [6.07, 6.45) is 3.93. The fourth-order valence-electron chi connectivity index (χ4n) is 1.60. The Bertz CT molecular complexity index is 514. The second kappa shape index (κ2) is 6.54. The Morgan fingerprint density at radius 1 is 1.16 bits per heavy atom. The van der Waals surface area contributed by atoms with Crippen molar-refractivity contribution in [3.05, 3.63) is 60.4 Å². The topological polar surface area (TPSA) is 42.4 Å². The lowest BCUT2D eigenvalue weighted by atomic mass is 10.2. The molecule has 0 fully saturated rings. The summed E-state index contributed by atoms with van der Waals surface area (Å²) < 4.78 is 5.24. The van der Waals surface area contributed by atoms with Gasteiger partial charge in [0.25, 0.3) is 0 Å². The van der Waals surface area contributed by atoms with Crippen molar-refractivity contribution in [3.8, 4) is 5.75 Å². The van der Waals surface area contributed by atoms with Crippen molar-refractivity contribution >= 4 is 6.09 Å². The average Bonchev–Trinajstić information content (AvgIpc) is 2.47. The maximum Gasteiger partial charge on any atom is 0.414 e. The number of benzene rings is 1. The summed E-state index contributed by atoms with van der Waals surface area (Å²) in [5.74, 6) is 0.559. The zero-order chi connectivity index (χ0) is 13.5. The van der Waals surface area contributed by atoms with Gasteiger partial charge >= 0.3 is 6.09 Å². The van der Waals surface area contributed by atoms with Crippen LogP contribution in [0.4, 0.5) is 4.79 Å². The molecule has 0 unspecified atom stereocenters. The van der Waals surface area contributed by atoms with Crippen LogP contribution < -0.4 is 4.74 Å². The quantitative estimate of drug-likeness (QED) is 0.844. The summed E-state index contributed by atoms with van der Waals surface area (Å²) in [6.45, 7) is 0.607. The predicted molar refractivity (Wildman–Crippen MR) is 73.0 cm³/mol. The second-order valence-corrected chi connectivity index (χ2v) is 4.21. The number of hydrogen-bond donors (Lipinski definition) is 0. The number of likely N-dealkylation sites (N-methyl/N-ethyl adjacent to an activating group) is 1. The molecule has 4 nitrogen and oxygen atoms in total. The highest BCUT2D eigenvalue weighted by Crippen LogP contribution is 2.10. The van der Waals surface area contributed by atoms with Crippen LogP contribution in [0.15, 0.2) is 54.9 Å². The minimum Gasteiger partial charge on any atom is -0.410 e. The van der Waals surface area contributed by atoms with Crippen molar-refractivity contribution in [2.75, 3.05) is 13.6 Å². The van der Waals surface area contributed by atoms with Crippen LogP contribution in [0.5, 0.6) is 5.75 Å². The number of carbonyl (C=O) groups is 1. The van der Waals surface area contributed by atoms with E-state index in [1.54, 1.807) is 36.5 Å². The first-order valence-electron chi connectivity index (χ1n) is 6.12. The van der Waals surface area contributed by atoms with Crippen molar-refractivity contribution in [2.45, 2.75) is 6.42 Å². The van der Waals surface area contributed by atoms with Gasteiger partial charge in [-0.25, -0.2) is 4.79 Å². The smallest absolute Gasteiger partial charge is 0.410 e. The maximum absolute atomic E-state index is 11.8. The Labute approximate surface area is 112 Å². The van der Waals surface area contributed by atoms with Crippen LogP contribution in [-0.2, 0) is 6.42 Å². The van der Waals surface area contributed by atoms with Gasteiger partial charge in [-0.05, 0) is 36.2 Å². The number of rotatable bonds is 4. The van der Waals surface area contributed by atoms with Crippen LogP contribution in [0.3, 0.4) is 0 Å². The largest absolute Gasteiger partial charge is 0.414 e. The van der Waals surface area contributed by atoms with Crippen molar-refractivity contribution < 1.29 is 9.53 Å². The molecule has 0 aliphatic rings. The number of carbonyl (C=O) groups excluding carboxylic acids is 1. The van der Waals surface area contributed by atoms with Gasteiger partial charge in [0, 0.05) is 26.0 Å². The van der Waals surface area contributed by atoms with Crippen molar-refractivity contribution in [1.29, 1.82) is 0 Å². The molecule has 1 aromatic heterocycles. The van der Waals surface area contributed by atoms with Gasteiger partial charge in [-0.15, -0.1) is 0 Å². The molecule has 0 bridgehead atoms. The minimum absolute atomic E-state index is 0.347. The fourth-order valence-corrected chi connectivity index (χ4v) is 1.60. The third kappa shape index (κ3) is 4.10. The molecule has 19 heavy (non-hydrogen) atoms. The monoisotopic (exact) mass is 256 g/mol. The molecule has 2 rings (SSSR count). The predicted octanol–water partition coefficient (Wildman–Crippen LogP) is 2.75. The molecule has 0 radical (unpaired) electrons. The van der Waals surface area contributed by atoms with E-state index in [1.807, 2.05) is 30.3 Å². The first kappa shape index (κ1) is 13.1. The highest BCUT2D eigenvalue weighted by atomic mass is 16.6. The zero-order valence-electron chi connectivity index (χ0n) is 10.8. The lowest BCUT2D eigenvalue weighted by molar-refractivity contribution is 0.163. The number of pyridine rings is 1. The van der Waals surface area contributed by atoms with Gasteiger partial charge < -0.3 is 9.64 Å². The summed E-state index contributed by atoms with van der Waals surface area (Å²) in [7, 11) is 1.73. The number of hydrogen-bond acceptors (Lipinski definition) is 3. The van der Waals surface area contributed by atoms with Gasteiger partial charge in [-0.1, -0.05) is 18.2 Å². The molecule has 0 saturated heterocycles. The second-order valence-electron chi connectivity index (χ2n) is 4.21. The molecular weight excluding hydrogens is 240 g/mol. The van der Waals surface area contributed by atoms with Gasteiger partial charge in [0.05, 0.1) is 0 Å². The molecule has 1 amide bonds. The van der Waals surface area contributed by atoms with E-state index in [9.17, 15) is 4.79 Å². The van der Waals surface area contributed by atoms with Crippen LogP contribution in [-0.4, -0.2) is 29.6 Å². The molecule has 0 atom stereocenters. The molecule has 0 aliphatic carbocycles. The molecule has 0 saturated carbocycles. The molecule has 0 N–H and O–H groups in total. The molecule has 98 valence electrons. The molecule has 1 aromatic carbocycles. The van der Waals surface area contributed by atoms with E-state index < -0.39 is 0 Å². The zero-order valence-corrected chi connectivity index (χ0v) is 10.8. The van der Waals surface area contributed by atoms with Gasteiger partial charge in [-0.3, -0.25) is 4.98 Å². The summed E-state index contributed by atoms with van der Waals surface area (Å²) in [5.41, 5.74) is 1.15. The summed E-state index contributed by atoms with van der Waals surface area (Å²) >= 11 is 0. The van der Waals surface area contributed by atoms with E-state index in [1.165, 1.54) is 0 Å². The Balaban J connectivity index is 1.83. The highest BCUT2D eigenvalue weighted by Gasteiger charge is 2.10. The number of nitrogens with zero attached hydrogens (tertiary/aromatic N) is 2. The number of ether oxygens (including phenoxy) is 1. The van der Waals surface area contributed by atoms with Crippen LogP contribution in [0.25, 0.3) is 0 Å². The molecule has 0 spiro atoms. The standard InChI is InChI=1S/C15H16N2O2/c1-17(12-9-13-7-10-16-11-8-13)15(18)19-14-5-3-2-4-6-14/h2-8,10-11H,9,12H2,1H3. The van der Waals surface area contributed by atoms with E-state index in [4.69, 9.17) is 4.74 Å². The normalized spacial score (nSPS) is 9.95. The lowest BCUT2D eigenvalue weighted by Gasteiger charge is -2.16. The fraction of sp³-hybridized carbons (Fsp3) is 0.200. The van der Waals surface area contributed by atoms with Crippen LogP contribution >= 0.6 is 0 Å². The summed E-state index contributed by atoms with van der Waals surface area (Å²) in [5, 5.41) is 0. The van der Waals surface area contributed by atoms with Gasteiger partial charge in [0.15, 0.2) is 0 Å². The Kier molecular flexibility index (Phi) is 4.50. The van der Waals surface area contributed by atoms with Crippen LogP contribution in [0.1, 0.15) is 5.56 Å². The Morgan fingerprint density at radius 2 is 1.84 bits per heavy atom. The molecule has 4 heteroatoms. The first-order valence-corrected chi connectivity index (χ1v) is 6.12. The molecule has 1 heterocycles. The number of aromatic nitrogens is 1. The maximum atomic E-state index is 11.8. The first-order chi connectivity index (χ1) is 9.25. The number of amides is 1. The van der Waals surface area contributed by atoms with Gasteiger partial charge in [0.1, 0.15) is 5.75 Å².